The van der Waals surface area contributed by atoms with E-state index in [1.165, 1.54) is 0 Å². The Morgan fingerprint density at radius 2 is 1.84 bits per heavy atom. The summed E-state index contributed by atoms with van der Waals surface area (Å²) in [6.45, 7) is -0.343. The summed E-state index contributed by atoms with van der Waals surface area (Å²) in [5, 5.41) is 55.6. The molecule has 0 aromatic rings. The highest BCUT2D eigenvalue weighted by Crippen LogP contribution is 2.22. The highest BCUT2D eigenvalue weighted by molar-refractivity contribution is 5.76. The third-order valence-electron chi connectivity index (χ3n) is 2.84. The number of aliphatic carboxylic acids is 1. The molecule has 0 radical (unpaired) electrons. The first kappa shape index (κ1) is 16.2. The molecular weight excluding hydrogens is 264 g/mol. The second-order valence-corrected chi connectivity index (χ2v) is 4.59. The lowest BCUT2D eigenvalue weighted by molar-refractivity contribution is -0.307. The van der Waals surface area contributed by atoms with Crippen molar-refractivity contribution < 1.29 is 44.9 Å². The predicted octanol–water partition coefficient (Wildman–Crippen LogP) is -3.36. The van der Waals surface area contributed by atoms with Gasteiger partial charge in [-0.25, -0.2) is 4.79 Å². The maximum atomic E-state index is 10.6. The number of aliphatic hydroxyl groups is 5. The Kier molecular flexibility index (Phi) is 5.21. The van der Waals surface area contributed by atoms with Crippen LogP contribution < -0.4 is 0 Å². The number of carboxylic acids is 1. The minimum absolute atomic E-state index is 0.625. The van der Waals surface area contributed by atoms with Crippen LogP contribution in [-0.4, -0.2) is 86.1 Å². The van der Waals surface area contributed by atoms with Crippen molar-refractivity contribution in [2.45, 2.75) is 43.2 Å². The molecule has 0 aromatic carbocycles. The van der Waals surface area contributed by atoms with Gasteiger partial charge < -0.3 is 40.1 Å². The van der Waals surface area contributed by atoms with Gasteiger partial charge in [0.2, 0.25) is 0 Å². The van der Waals surface area contributed by atoms with Crippen molar-refractivity contribution in [3.63, 3.8) is 0 Å². The van der Waals surface area contributed by atoms with Crippen LogP contribution >= 0.6 is 0 Å². The number of carbonyl (C=O) groups is 1. The van der Waals surface area contributed by atoms with Gasteiger partial charge in [0.25, 0.3) is 0 Å². The van der Waals surface area contributed by atoms with Crippen molar-refractivity contribution in [1.29, 1.82) is 0 Å². The van der Waals surface area contributed by atoms with Crippen molar-refractivity contribution in [2.24, 2.45) is 0 Å². The molecule has 0 saturated carbocycles. The van der Waals surface area contributed by atoms with Gasteiger partial charge in [0.15, 0.2) is 11.9 Å². The second-order valence-electron chi connectivity index (χ2n) is 4.59. The van der Waals surface area contributed by atoms with Gasteiger partial charge in [0, 0.05) is 0 Å². The lowest BCUT2D eigenvalue weighted by atomic mass is 9.99. The first-order valence-electron chi connectivity index (χ1n) is 5.58. The van der Waals surface area contributed by atoms with Crippen LogP contribution in [0.15, 0.2) is 0 Å². The maximum Gasteiger partial charge on any atom is 0.337 e. The minimum atomic E-state index is -2.20. The molecule has 0 amide bonds. The van der Waals surface area contributed by atoms with Gasteiger partial charge in [-0.1, -0.05) is 0 Å². The van der Waals surface area contributed by atoms with E-state index in [2.05, 4.69) is 0 Å². The maximum absolute atomic E-state index is 10.6. The topological polar surface area (TPSA) is 157 Å². The van der Waals surface area contributed by atoms with Crippen molar-refractivity contribution in [3.05, 3.63) is 0 Å². The highest BCUT2D eigenvalue weighted by Gasteiger charge is 2.45. The zero-order valence-corrected chi connectivity index (χ0v) is 10.2. The Balaban J connectivity index is 2.65. The molecule has 6 N–H and O–H groups in total. The summed E-state index contributed by atoms with van der Waals surface area (Å²) in [6, 6.07) is 0. The average molecular weight is 282 g/mol. The van der Waals surface area contributed by atoms with E-state index < -0.39 is 55.5 Å². The summed E-state index contributed by atoms with van der Waals surface area (Å²) in [6.07, 6.45) is -7.41. The fourth-order valence-corrected chi connectivity index (χ4v) is 1.51. The molecule has 0 aromatic heterocycles. The van der Waals surface area contributed by atoms with Crippen LogP contribution in [0, 0.1) is 0 Å². The molecule has 1 heterocycles. The molecule has 1 fully saturated rings. The molecule has 0 aliphatic carbocycles. The third-order valence-corrected chi connectivity index (χ3v) is 2.84. The van der Waals surface area contributed by atoms with Crippen LogP contribution in [-0.2, 0) is 14.3 Å². The number of hydrogen-bond acceptors (Lipinski definition) is 8. The molecule has 9 heteroatoms. The van der Waals surface area contributed by atoms with Crippen LogP contribution in [0.1, 0.15) is 6.92 Å². The van der Waals surface area contributed by atoms with Gasteiger partial charge in [-0.15, -0.1) is 0 Å². The van der Waals surface area contributed by atoms with E-state index in [0.29, 0.717) is 0 Å². The highest BCUT2D eigenvalue weighted by atomic mass is 16.7. The summed E-state index contributed by atoms with van der Waals surface area (Å²) < 4.78 is 9.86. The normalized spacial score (nSPS) is 38.7. The summed E-state index contributed by atoms with van der Waals surface area (Å²) >= 11 is 0. The Morgan fingerprint density at radius 1 is 1.26 bits per heavy atom. The Hall–Kier alpha value is -0.810. The zero-order chi connectivity index (χ0) is 14.8. The Bertz CT molecular complexity index is 316. The van der Waals surface area contributed by atoms with Gasteiger partial charge in [-0.2, -0.15) is 0 Å². The molecule has 1 rings (SSSR count). The van der Waals surface area contributed by atoms with Gasteiger partial charge in [0.05, 0.1) is 13.2 Å². The molecule has 0 spiro atoms. The molecule has 6 unspecified atom stereocenters. The molecule has 9 nitrogen and oxygen atoms in total. The van der Waals surface area contributed by atoms with Crippen molar-refractivity contribution in [3.8, 4) is 0 Å². The van der Waals surface area contributed by atoms with Crippen LogP contribution in [0.3, 0.4) is 0 Å². The summed E-state index contributed by atoms with van der Waals surface area (Å²) in [4.78, 5) is 10.6. The SMILES string of the molecule is CC(O)(COC1OC(CO)C(O)C(O)C1O)C(=O)O. The number of ether oxygens (including phenoxy) is 2. The lowest BCUT2D eigenvalue weighted by Crippen LogP contribution is -2.59. The molecular formula is C10H18O9. The molecule has 1 aliphatic heterocycles. The smallest absolute Gasteiger partial charge is 0.337 e. The number of aliphatic hydroxyl groups excluding tert-OH is 4. The van der Waals surface area contributed by atoms with Crippen LogP contribution in [0.2, 0.25) is 0 Å². The number of hydrogen-bond donors (Lipinski definition) is 6. The van der Waals surface area contributed by atoms with Gasteiger partial charge >= 0.3 is 5.97 Å². The van der Waals surface area contributed by atoms with E-state index in [0.717, 1.165) is 6.92 Å². The summed E-state index contributed by atoms with van der Waals surface area (Å²) in [5.41, 5.74) is -2.20. The van der Waals surface area contributed by atoms with Crippen LogP contribution in [0.5, 0.6) is 0 Å². The third kappa shape index (κ3) is 3.60. The standard InChI is InChI=1S/C10H18O9/c1-10(17,9(15)16)3-18-8-7(14)6(13)5(12)4(2-11)19-8/h4-8,11-14,17H,2-3H2,1H3,(H,15,16). The first-order chi connectivity index (χ1) is 8.70. The summed E-state index contributed by atoms with van der Waals surface area (Å²) in [5.74, 6) is -1.53. The van der Waals surface area contributed by atoms with E-state index in [9.17, 15) is 25.2 Å². The fourth-order valence-electron chi connectivity index (χ4n) is 1.51. The average Bonchev–Trinajstić information content (AvgIpc) is 2.35. The molecule has 112 valence electrons. The number of carboxylic acid groups (broad SMARTS) is 1. The quantitative estimate of drug-likeness (QED) is 0.303. The summed E-state index contributed by atoms with van der Waals surface area (Å²) in [7, 11) is 0. The molecule has 1 aliphatic rings. The van der Waals surface area contributed by atoms with Gasteiger partial charge in [-0.05, 0) is 6.92 Å². The largest absolute Gasteiger partial charge is 0.479 e. The first-order valence-corrected chi connectivity index (χ1v) is 5.58. The van der Waals surface area contributed by atoms with Crippen molar-refractivity contribution in [1.82, 2.24) is 0 Å². The Morgan fingerprint density at radius 3 is 2.32 bits per heavy atom. The van der Waals surface area contributed by atoms with E-state index >= 15 is 0 Å². The molecule has 19 heavy (non-hydrogen) atoms. The van der Waals surface area contributed by atoms with E-state index in [4.69, 9.17) is 19.7 Å². The predicted molar refractivity (Wildman–Crippen MR) is 58.0 cm³/mol. The van der Waals surface area contributed by atoms with Crippen molar-refractivity contribution in [2.75, 3.05) is 13.2 Å². The fraction of sp³-hybridized carbons (Fsp3) is 0.900. The van der Waals surface area contributed by atoms with Gasteiger partial charge in [0.1, 0.15) is 24.4 Å². The van der Waals surface area contributed by atoms with E-state index in [1.54, 1.807) is 0 Å². The van der Waals surface area contributed by atoms with E-state index in [-0.39, 0.29) is 0 Å². The van der Waals surface area contributed by atoms with E-state index in [1.807, 2.05) is 0 Å². The Labute approximate surface area is 108 Å². The lowest BCUT2D eigenvalue weighted by Gasteiger charge is -2.40. The second kappa shape index (κ2) is 6.09. The molecule has 1 saturated heterocycles. The van der Waals surface area contributed by atoms with Crippen molar-refractivity contribution >= 4 is 5.97 Å². The van der Waals surface area contributed by atoms with Crippen LogP contribution in [0.25, 0.3) is 0 Å². The zero-order valence-electron chi connectivity index (χ0n) is 10.2. The van der Waals surface area contributed by atoms with Gasteiger partial charge in [-0.3, -0.25) is 0 Å². The minimum Gasteiger partial charge on any atom is -0.479 e. The molecule has 0 bridgehead atoms. The number of rotatable bonds is 5. The monoisotopic (exact) mass is 282 g/mol. The van der Waals surface area contributed by atoms with Crippen LogP contribution in [0.4, 0.5) is 0 Å². The molecule has 6 atom stereocenters.